The van der Waals surface area contributed by atoms with Crippen molar-refractivity contribution in [1.29, 1.82) is 0 Å². The topological polar surface area (TPSA) is 110 Å². The van der Waals surface area contributed by atoms with Gasteiger partial charge in [0.1, 0.15) is 11.6 Å². The van der Waals surface area contributed by atoms with E-state index in [1.54, 1.807) is 13.2 Å². The molecular formula is C12H14N2O5S. The number of carboxylic acids is 1. The molecular weight excluding hydrogens is 284 g/mol. The Kier molecular flexibility index (Phi) is 5.51. The predicted molar refractivity (Wildman–Crippen MR) is 74.1 cm³/mol. The standard InChI is InChI=1S/C12H14N2O5S/c1-3-9(12(16)17)13-11(15)8-6-7(20-2)4-5-10(8)14(18)19/h4-6,9H,3H2,1-2H3,(H,13,15)(H,16,17). The molecule has 1 unspecified atom stereocenters. The van der Waals surface area contributed by atoms with Gasteiger partial charge in [-0.15, -0.1) is 11.8 Å². The molecule has 1 rings (SSSR count). The fourth-order valence-electron chi connectivity index (χ4n) is 1.56. The monoisotopic (exact) mass is 298 g/mol. The Balaban J connectivity index is 3.12. The first kappa shape index (κ1) is 16.0. The number of nitrogens with zero attached hydrogens (tertiary/aromatic N) is 1. The van der Waals surface area contributed by atoms with Gasteiger partial charge in [-0.3, -0.25) is 14.9 Å². The number of rotatable bonds is 6. The maximum absolute atomic E-state index is 12.0. The highest BCUT2D eigenvalue weighted by molar-refractivity contribution is 7.98. The average molecular weight is 298 g/mol. The maximum atomic E-state index is 12.0. The van der Waals surface area contributed by atoms with Crippen molar-refractivity contribution in [2.75, 3.05) is 6.26 Å². The molecule has 1 atom stereocenters. The number of benzene rings is 1. The zero-order chi connectivity index (χ0) is 15.3. The Morgan fingerprint density at radius 1 is 1.50 bits per heavy atom. The first-order chi connectivity index (χ1) is 9.40. The van der Waals surface area contributed by atoms with E-state index in [-0.39, 0.29) is 17.7 Å². The number of nitrogens with one attached hydrogen (secondary N) is 1. The molecule has 0 heterocycles. The van der Waals surface area contributed by atoms with E-state index >= 15 is 0 Å². The lowest BCUT2D eigenvalue weighted by Crippen LogP contribution is -2.40. The molecule has 0 aliphatic rings. The molecule has 0 saturated carbocycles. The van der Waals surface area contributed by atoms with E-state index in [1.165, 1.54) is 30.0 Å². The zero-order valence-electron chi connectivity index (χ0n) is 11.0. The molecule has 1 aromatic rings. The molecule has 1 aromatic carbocycles. The van der Waals surface area contributed by atoms with Crippen molar-refractivity contribution in [1.82, 2.24) is 5.32 Å². The van der Waals surface area contributed by atoms with Gasteiger partial charge >= 0.3 is 5.97 Å². The van der Waals surface area contributed by atoms with Crippen molar-refractivity contribution in [2.45, 2.75) is 24.3 Å². The van der Waals surface area contributed by atoms with E-state index in [4.69, 9.17) is 5.11 Å². The Morgan fingerprint density at radius 3 is 2.60 bits per heavy atom. The van der Waals surface area contributed by atoms with Crippen LogP contribution >= 0.6 is 11.8 Å². The van der Waals surface area contributed by atoms with Crippen molar-refractivity contribution in [3.8, 4) is 0 Å². The van der Waals surface area contributed by atoms with E-state index in [0.29, 0.717) is 4.90 Å². The molecule has 1 amide bonds. The maximum Gasteiger partial charge on any atom is 0.326 e. The van der Waals surface area contributed by atoms with E-state index in [0.717, 1.165) is 0 Å². The highest BCUT2D eigenvalue weighted by Crippen LogP contribution is 2.24. The van der Waals surface area contributed by atoms with Crippen molar-refractivity contribution in [2.24, 2.45) is 0 Å². The third-order valence-corrected chi connectivity index (χ3v) is 3.38. The highest BCUT2D eigenvalue weighted by Gasteiger charge is 2.24. The van der Waals surface area contributed by atoms with Crippen LogP contribution in [0.5, 0.6) is 0 Å². The summed E-state index contributed by atoms with van der Waals surface area (Å²) in [6.45, 7) is 1.60. The van der Waals surface area contributed by atoms with Gasteiger partial charge < -0.3 is 10.4 Å². The van der Waals surface area contributed by atoms with Crippen LogP contribution in [0.4, 0.5) is 5.69 Å². The van der Waals surface area contributed by atoms with Crippen LogP contribution in [0.25, 0.3) is 0 Å². The number of amides is 1. The van der Waals surface area contributed by atoms with Crippen LogP contribution in [0.1, 0.15) is 23.7 Å². The first-order valence-electron chi connectivity index (χ1n) is 5.76. The number of hydrogen-bond acceptors (Lipinski definition) is 5. The number of thioether (sulfide) groups is 1. The van der Waals surface area contributed by atoms with Crippen LogP contribution in [0.15, 0.2) is 23.1 Å². The molecule has 7 nitrogen and oxygen atoms in total. The number of aliphatic carboxylic acids is 1. The predicted octanol–water partition coefficient (Wildman–Crippen LogP) is 1.91. The third-order valence-electron chi connectivity index (χ3n) is 2.66. The summed E-state index contributed by atoms with van der Waals surface area (Å²) in [6.07, 6.45) is 1.96. The minimum Gasteiger partial charge on any atom is -0.480 e. The minimum absolute atomic E-state index is 0.137. The molecule has 0 spiro atoms. The van der Waals surface area contributed by atoms with Gasteiger partial charge in [-0.25, -0.2) is 4.79 Å². The quantitative estimate of drug-likeness (QED) is 0.471. The van der Waals surface area contributed by atoms with Crippen LogP contribution in [-0.2, 0) is 4.79 Å². The van der Waals surface area contributed by atoms with Crippen molar-refractivity contribution in [3.05, 3.63) is 33.9 Å². The van der Waals surface area contributed by atoms with Crippen molar-refractivity contribution >= 4 is 29.3 Å². The number of carboxylic acid groups (broad SMARTS) is 1. The van der Waals surface area contributed by atoms with Crippen LogP contribution < -0.4 is 5.32 Å². The summed E-state index contributed by atoms with van der Waals surface area (Å²) in [4.78, 5) is 33.8. The van der Waals surface area contributed by atoms with Gasteiger partial charge in [0.2, 0.25) is 0 Å². The zero-order valence-corrected chi connectivity index (χ0v) is 11.8. The van der Waals surface area contributed by atoms with E-state index in [1.807, 2.05) is 0 Å². The number of carbonyl (C=O) groups is 2. The van der Waals surface area contributed by atoms with Gasteiger partial charge in [0.05, 0.1) is 4.92 Å². The molecule has 8 heteroatoms. The molecule has 108 valence electrons. The normalized spacial score (nSPS) is 11.7. The van der Waals surface area contributed by atoms with Crippen LogP contribution in [0.3, 0.4) is 0 Å². The van der Waals surface area contributed by atoms with Gasteiger partial charge in [-0.1, -0.05) is 6.92 Å². The smallest absolute Gasteiger partial charge is 0.326 e. The first-order valence-corrected chi connectivity index (χ1v) is 6.99. The van der Waals surface area contributed by atoms with Crippen LogP contribution in [-0.4, -0.2) is 34.2 Å². The minimum atomic E-state index is -1.18. The van der Waals surface area contributed by atoms with Gasteiger partial charge in [0, 0.05) is 11.0 Å². The lowest BCUT2D eigenvalue weighted by molar-refractivity contribution is -0.385. The molecule has 0 saturated heterocycles. The summed E-state index contributed by atoms with van der Waals surface area (Å²) in [5, 5.41) is 22.1. The molecule has 20 heavy (non-hydrogen) atoms. The summed E-state index contributed by atoms with van der Waals surface area (Å²) in [5.41, 5.74) is -0.484. The summed E-state index contributed by atoms with van der Waals surface area (Å²) < 4.78 is 0. The molecule has 0 aliphatic heterocycles. The van der Waals surface area contributed by atoms with Gasteiger partial charge in [0.15, 0.2) is 0 Å². The summed E-state index contributed by atoms with van der Waals surface area (Å²) in [6, 6.07) is 3.09. The van der Waals surface area contributed by atoms with Crippen molar-refractivity contribution < 1.29 is 19.6 Å². The Morgan fingerprint density at radius 2 is 2.15 bits per heavy atom. The number of nitro groups is 1. The summed E-state index contributed by atoms with van der Waals surface area (Å²) in [7, 11) is 0. The second-order valence-electron chi connectivity index (χ2n) is 3.91. The lowest BCUT2D eigenvalue weighted by atomic mass is 10.1. The Hall–Kier alpha value is -2.09. The van der Waals surface area contributed by atoms with Crippen molar-refractivity contribution in [3.63, 3.8) is 0 Å². The Labute approximate surface area is 119 Å². The number of carbonyl (C=O) groups excluding carboxylic acids is 1. The highest BCUT2D eigenvalue weighted by atomic mass is 32.2. The second-order valence-corrected chi connectivity index (χ2v) is 4.79. The van der Waals surface area contributed by atoms with E-state index < -0.39 is 22.8 Å². The third kappa shape index (κ3) is 3.70. The largest absolute Gasteiger partial charge is 0.480 e. The SMILES string of the molecule is CCC(NC(=O)c1cc(SC)ccc1[N+](=O)[O-])C(=O)O. The molecule has 0 bridgehead atoms. The average Bonchev–Trinajstić information content (AvgIpc) is 2.43. The molecule has 2 N–H and O–H groups in total. The molecule has 0 aromatic heterocycles. The van der Waals surface area contributed by atoms with Crippen LogP contribution in [0, 0.1) is 10.1 Å². The molecule has 0 radical (unpaired) electrons. The fraction of sp³-hybridized carbons (Fsp3) is 0.333. The lowest BCUT2D eigenvalue weighted by Gasteiger charge is -2.12. The van der Waals surface area contributed by atoms with Gasteiger partial charge in [0.25, 0.3) is 11.6 Å². The fourth-order valence-corrected chi connectivity index (χ4v) is 2.00. The summed E-state index contributed by atoms with van der Waals surface area (Å²) in [5.74, 6) is -1.94. The van der Waals surface area contributed by atoms with Crippen LogP contribution in [0.2, 0.25) is 0 Å². The molecule has 0 aliphatic carbocycles. The number of hydrogen-bond donors (Lipinski definition) is 2. The molecule has 0 fully saturated rings. The van der Waals surface area contributed by atoms with E-state index in [9.17, 15) is 19.7 Å². The second kappa shape index (κ2) is 6.90. The summed E-state index contributed by atoms with van der Waals surface area (Å²) >= 11 is 1.33. The number of nitro benzene ring substituents is 1. The van der Waals surface area contributed by atoms with Gasteiger partial charge in [-0.05, 0) is 24.8 Å². The van der Waals surface area contributed by atoms with Gasteiger partial charge in [-0.2, -0.15) is 0 Å². The van der Waals surface area contributed by atoms with E-state index in [2.05, 4.69) is 5.32 Å². The Bertz CT molecular complexity index is 547.